The van der Waals surface area contributed by atoms with Crippen molar-refractivity contribution in [3.63, 3.8) is 0 Å². The van der Waals surface area contributed by atoms with Crippen LogP contribution in [-0.2, 0) is 11.0 Å². The monoisotopic (exact) mass is 307 g/mol. The summed E-state index contributed by atoms with van der Waals surface area (Å²) in [6.45, 7) is 1.34. The largest absolute Gasteiger partial charge is 0.508 e. The standard InChI is InChI=1S/C13H16F3NO4/c1-7(18)17-3-2-11(20)12(21)8-4-9(13(14,15)16)6-10(19)5-8/h4-6,11-12,19-21H,2-3H2,1H3,(H,17,18). The number of carbonyl (C=O) groups excluding carboxylic acids is 1. The molecule has 0 heterocycles. The Labute approximate surface area is 119 Å². The molecule has 0 saturated heterocycles. The third kappa shape index (κ3) is 5.24. The predicted octanol–water partition coefficient (Wildman–Crippen LogP) is 1.33. The summed E-state index contributed by atoms with van der Waals surface area (Å²) < 4.78 is 37.8. The minimum absolute atomic E-state index is 0.0439. The number of aromatic hydroxyl groups is 1. The molecule has 0 bridgehead atoms. The van der Waals surface area contributed by atoms with Crippen LogP contribution < -0.4 is 5.32 Å². The summed E-state index contributed by atoms with van der Waals surface area (Å²) >= 11 is 0. The molecule has 118 valence electrons. The van der Waals surface area contributed by atoms with Gasteiger partial charge in [0.15, 0.2) is 0 Å². The van der Waals surface area contributed by atoms with Crippen LogP contribution in [0.3, 0.4) is 0 Å². The lowest BCUT2D eigenvalue weighted by Crippen LogP contribution is -2.27. The molecule has 5 nitrogen and oxygen atoms in total. The van der Waals surface area contributed by atoms with Gasteiger partial charge in [-0.05, 0) is 30.2 Å². The van der Waals surface area contributed by atoms with Crippen LogP contribution in [0.15, 0.2) is 18.2 Å². The number of rotatable bonds is 5. The van der Waals surface area contributed by atoms with Crippen molar-refractivity contribution in [3.05, 3.63) is 29.3 Å². The number of nitrogens with one attached hydrogen (secondary N) is 1. The molecule has 4 N–H and O–H groups in total. The highest BCUT2D eigenvalue weighted by Gasteiger charge is 2.32. The smallest absolute Gasteiger partial charge is 0.416 e. The third-order valence-corrected chi connectivity index (χ3v) is 2.79. The Morgan fingerprint density at radius 1 is 1.29 bits per heavy atom. The summed E-state index contributed by atoms with van der Waals surface area (Å²) in [6.07, 6.45) is -7.70. The van der Waals surface area contributed by atoms with Crippen LogP contribution in [0, 0.1) is 0 Å². The molecule has 2 unspecified atom stereocenters. The number of amides is 1. The van der Waals surface area contributed by atoms with Crippen LogP contribution in [-0.4, -0.2) is 33.9 Å². The van der Waals surface area contributed by atoms with Crippen molar-refractivity contribution in [2.45, 2.75) is 31.7 Å². The average molecular weight is 307 g/mol. The Hall–Kier alpha value is -1.80. The Kier molecular flexibility index (Phi) is 5.56. The van der Waals surface area contributed by atoms with E-state index in [2.05, 4.69) is 5.32 Å². The first-order valence-corrected chi connectivity index (χ1v) is 6.13. The number of carbonyl (C=O) groups is 1. The summed E-state index contributed by atoms with van der Waals surface area (Å²) in [5.41, 5.74) is -1.37. The Balaban J connectivity index is 2.84. The lowest BCUT2D eigenvalue weighted by atomic mass is 9.99. The summed E-state index contributed by atoms with van der Waals surface area (Å²) in [5.74, 6) is -0.985. The molecule has 0 aliphatic rings. The molecule has 1 aromatic carbocycles. The van der Waals surface area contributed by atoms with Crippen LogP contribution in [0.4, 0.5) is 13.2 Å². The van der Waals surface area contributed by atoms with E-state index in [1.54, 1.807) is 0 Å². The van der Waals surface area contributed by atoms with Crippen LogP contribution in [0.5, 0.6) is 5.75 Å². The van der Waals surface area contributed by atoms with Gasteiger partial charge < -0.3 is 20.6 Å². The van der Waals surface area contributed by atoms with Crippen LogP contribution in [0.1, 0.15) is 30.6 Å². The van der Waals surface area contributed by atoms with Gasteiger partial charge in [0.05, 0.1) is 11.7 Å². The first-order chi connectivity index (χ1) is 9.61. The molecule has 0 fully saturated rings. The van der Waals surface area contributed by atoms with E-state index >= 15 is 0 Å². The number of phenolic OH excluding ortho intramolecular Hbond substituents is 1. The second-order valence-electron chi connectivity index (χ2n) is 4.59. The van der Waals surface area contributed by atoms with Crippen molar-refractivity contribution in [2.75, 3.05) is 6.54 Å². The highest BCUT2D eigenvalue weighted by atomic mass is 19.4. The van der Waals surface area contributed by atoms with Crippen molar-refractivity contribution in [3.8, 4) is 5.75 Å². The maximum absolute atomic E-state index is 12.6. The van der Waals surface area contributed by atoms with Crippen molar-refractivity contribution in [1.82, 2.24) is 5.32 Å². The molecule has 0 aliphatic carbocycles. The van der Waals surface area contributed by atoms with Gasteiger partial charge >= 0.3 is 6.18 Å². The molecule has 0 aromatic heterocycles. The third-order valence-electron chi connectivity index (χ3n) is 2.79. The summed E-state index contributed by atoms with van der Waals surface area (Å²) in [6, 6.07) is 2.13. The molecule has 2 atom stereocenters. The van der Waals surface area contributed by atoms with E-state index in [4.69, 9.17) is 0 Å². The number of hydrogen-bond acceptors (Lipinski definition) is 4. The molecule has 1 rings (SSSR count). The minimum atomic E-state index is -4.67. The van der Waals surface area contributed by atoms with Gasteiger partial charge in [0, 0.05) is 13.5 Å². The molecule has 1 aromatic rings. The Morgan fingerprint density at radius 3 is 2.43 bits per heavy atom. The zero-order valence-corrected chi connectivity index (χ0v) is 11.2. The normalized spacial score (nSPS) is 14.6. The minimum Gasteiger partial charge on any atom is -0.508 e. The molecular formula is C13H16F3NO4. The highest BCUT2D eigenvalue weighted by Crippen LogP contribution is 2.34. The molecule has 0 spiro atoms. The van der Waals surface area contributed by atoms with Gasteiger partial charge in [-0.1, -0.05) is 0 Å². The van der Waals surface area contributed by atoms with Crippen LogP contribution in [0.2, 0.25) is 0 Å². The number of aliphatic hydroxyl groups is 2. The number of phenols is 1. The van der Waals surface area contributed by atoms with E-state index in [1.165, 1.54) is 6.92 Å². The Morgan fingerprint density at radius 2 is 1.90 bits per heavy atom. The molecule has 1 amide bonds. The second kappa shape index (κ2) is 6.77. The average Bonchev–Trinajstić information content (AvgIpc) is 2.35. The van der Waals surface area contributed by atoms with Crippen molar-refractivity contribution >= 4 is 5.91 Å². The van der Waals surface area contributed by atoms with Gasteiger partial charge in [-0.15, -0.1) is 0 Å². The zero-order valence-electron chi connectivity index (χ0n) is 11.2. The van der Waals surface area contributed by atoms with Crippen molar-refractivity contribution in [1.29, 1.82) is 0 Å². The molecule has 0 aliphatic heterocycles. The number of hydrogen-bond donors (Lipinski definition) is 4. The second-order valence-corrected chi connectivity index (χ2v) is 4.59. The molecule has 0 radical (unpaired) electrons. The fourth-order valence-electron chi connectivity index (χ4n) is 1.75. The quantitative estimate of drug-likeness (QED) is 0.661. The van der Waals surface area contributed by atoms with Gasteiger partial charge in [-0.25, -0.2) is 0 Å². The van der Waals surface area contributed by atoms with Gasteiger partial charge in [-0.2, -0.15) is 13.2 Å². The molecule has 8 heteroatoms. The van der Waals surface area contributed by atoms with E-state index < -0.39 is 29.7 Å². The summed E-state index contributed by atoms with van der Waals surface area (Å²) in [7, 11) is 0. The van der Waals surface area contributed by atoms with Crippen molar-refractivity contribution < 1.29 is 33.3 Å². The SMILES string of the molecule is CC(=O)NCCC(O)C(O)c1cc(O)cc(C(F)(F)F)c1. The highest BCUT2D eigenvalue weighted by molar-refractivity contribution is 5.72. The lowest BCUT2D eigenvalue weighted by Gasteiger charge is -2.19. The van der Waals surface area contributed by atoms with Crippen LogP contribution in [0.25, 0.3) is 0 Å². The number of aliphatic hydroxyl groups excluding tert-OH is 2. The molecular weight excluding hydrogens is 291 g/mol. The van der Waals surface area contributed by atoms with Gasteiger partial charge in [0.1, 0.15) is 11.9 Å². The van der Waals surface area contributed by atoms with Crippen molar-refractivity contribution in [2.24, 2.45) is 0 Å². The molecule has 0 saturated carbocycles. The summed E-state index contributed by atoms with van der Waals surface area (Å²) in [4.78, 5) is 10.7. The number of halogens is 3. The van der Waals surface area contributed by atoms with Gasteiger partial charge in [0.2, 0.25) is 5.91 Å². The van der Waals surface area contributed by atoms with E-state index in [0.29, 0.717) is 12.1 Å². The fraction of sp³-hybridized carbons (Fsp3) is 0.462. The summed E-state index contributed by atoms with van der Waals surface area (Å²) in [5, 5.41) is 31.2. The van der Waals surface area contributed by atoms with E-state index in [-0.39, 0.29) is 24.4 Å². The number of alkyl halides is 3. The fourth-order valence-corrected chi connectivity index (χ4v) is 1.75. The number of benzene rings is 1. The zero-order chi connectivity index (χ0) is 16.2. The predicted molar refractivity (Wildman–Crippen MR) is 67.4 cm³/mol. The maximum Gasteiger partial charge on any atom is 0.416 e. The maximum atomic E-state index is 12.6. The Bertz CT molecular complexity index is 505. The topological polar surface area (TPSA) is 89.8 Å². The van der Waals surface area contributed by atoms with E-state index in [1.807, 2.05) is 0 Å². The van der Waals surface area contributed by atoms with Gasteiger partial charge in [-0.3, -0.25) is 4.79 Å². The van der Waals surface area contributed by atoms with Gasteiger partial charge in [0.25, 0.3) is 0 Å². The molecule has 21 heavy (non-hydrogen) atoms. The first-order valence-electron chi connectivity index (χ1n) is 6.13. The first kappa shape index (κ1) is 17.3. The van der Waals surface area contributed by atoms with Crippen LogP contribution >= 0.6 is 0 Å². The lowest BCUT2D eigenvalue weighted by molar-refractivity contribution is -0.137. The van der Waals surface area contributed by atoms with E-state index in [9.17, 15) is 33.3 Å². The van der Waals surface area contributed by atoms with E-state index in [0.717, 1.165) is 6.07 Å².